The summed E-state index contributed by atoms with van der Waals surface area (Å²) >= 11 is 0. The zero-order valence-electron chi connectivity index (χ0n) is 11.7. The van der Waals surface area contributed by atoms with Gasteiger partial charge >= 0.3 is 5.97 Å². The molecule has 1 atom stereocenters. The monoisotopic (exact) mass is 295 g/mol. The van der Waals surface area contributed by atoms with Gasteiger partial charge in [0.05, 0.1) is 20.3 Å². The van der Waals surface area contributed by atoms with Gasteiger partial charge < -0.3 is 24.1 Å². The van der Waals surface area contributed by atoms with E-state index in [0.29, 0.717) is 36.9 Å². The maximum absolute atomic E-state index is 11.3. The summed E-state index contributed by atoms with van der Waals surface area (Å²) in [5.41, 5.74) is 0.870. The third-order valence-electron chi connectivity index (χ3n) is 3.67. The number of carboxylic acid groups (broad SMARTS) is 1. The van der Waals surface area contributed by atoms with Crippen LogP contribution in [0.4, 0.5) is 0 Å². The maximum Gasteiger partial charge on any atom is 0.323 e. The fourth-order valence-electron chi connectivity index (χ4n) is 2.55. The average Bonchev–Trinajstić information content (AvgIpc) is 2.94. The van der Waals surface area contributed by atoms with E-state index in [1.807, 2.05) is 11.0 Å². The molecule has 2 aliphatic heterocycles. The van der Waals surface area contributed by atoms with Gasteiger partial charge in [0.15, 0.2) is 11.5 Å². The highest BCUT2D eigenvalue weighted by Gasteiger charge is 2.30. The predicted octanol–water partition coefficient (Wildman–Crippen LogP) is 0.709. The summed E-state index contributed by atoms with van der Waals surface area (Å²) in [4.78, 5) is 13.2. The Bertz CT molecular complexity index is 547. The molecule has 0 amide bonds. The number of fused-ring (bicyclic) bond motifs is 1. The number of nitrogens with zero attached hydrogens (tertiary/aromatic N) is 1. The Balaban J connectivity index is 1.84. The number of aliphatic carboxylic acids is 1. The van der Waals surface area contributed by atoms with E-state index in [2.05, 4.69) is 0 Å². The number of methoxy groups -OCH3 is 1. The molecule has 1 saturated heterocycles. The van der Waals surface area contributed by atoms with Gasteiger partial charge in [0.25, 0.3) is 0 Å². The van der Waals surface area contributed by atoms with Crippen LogP contribution in [0.1, 0.15) is 5.56 Å². The fourth-order valence-corrected chi connectivity index (χ4v) is 2.55. The number of benzene rings is 1. The van der Waals surface area contributed by atoms with Crippen LogP contribution in [-0.4, -0.2) is 55.7 Å². The maximum atomic E-state index is 11.3. The first-order valence-electron chi connectivity index (χ1n) is 6.70. The summed E-state index contributed by atoms with van der Waals surface area (Å²) in [6.45, 7) is 1.94. The molecule has 7 nitrogen and oxygen atoms in total. The van der Waals surface area contributed by atoms with E-state index in [-0.39, 0.29) is 13.4 Å². The van der Waals surface area contributed by atoms with Crippen LogP contribution in [-0.2, 0) is 16.1 Å². The van der Waals surface area contributed by atoms with Crippen molar-refractivity contribution in [3.63, 3.8) is 0 Å². The topological polar surface area (TPSA) is 77.5 Å². The molecular weight excluding hydrogens is 278 g/mol. The zero-order valence-corrected chi connectivity index (χ0v) is 11.7. The Labute approximate surface area is 122 Å². The van der Waals surface area contributed by atoms with E-state index < -0.39 is 12.0 Å². The van der Waals surface area contributed by atoms with Gasteiger partial charge in [0, 0.05) is 24.7 Å². The molecule has 0 aromatic heterocycles. The summed E-state index contributed by atoms with van der Waals surface area (Å²) in [5, 5.41) is 9.27. The van der Waals surface area contributed by atoms with Crippen molar-refractivity contribution in [1.29, 1.82) is 0 Å². The Hall–Kier alpha value is -1.99. The third-order valence-corrected chi connectivity index (χ3v) is 3.67. The van der Waals surface area contributed by atoms with Crippen LogP contribution in [0.15, 0.2) is 12.1 Å². The van der Waals surface area contributed by atoms with Crippen molar-refractivity contribution in [1.82, 2.24) is 4.90 Å². The van der Waals surface area contributed by atoms with E-state index in [1.54, 1.807) is 13.2 Å². The third kappa shape index (κ3) is 2.74. The molecule has 0 saturated carbocycles. The van der Waals surface area contributed by atoms with E-state index >= 15 is 0 Å². The van der Waals surface area contributed by atoms with Crippen molar-refractivity contribution in [2.75, 3.05) is 33.7 Å². The standard InChI is InChI=1S/C14H17NO6/c1-18-11-5-13-12(20-8-21-13)4-9(11)6-15-2-3-19-7-10(15)14(16)17/h4-5,10H,2-3,6-8H2,1H3,(H,16,17)/t10-/m1/s1. The fraction of sp³-hybridized carbons (Fsp3) is 0.500. The Morgan fingerprint density at radius 1 is 1.43 bits per heavy atom. The molecule has 7 heteroatoms. The van der Waals surface area contributed by atoms with E-state index in [1.165, 1.54) is 0 Å². The first-order valence-corrected chi connectivity index (χ1v) is 6.70. The first-order chi connectivity index (χ1) is 10.2. The molecule has 0 bridgehead atoms. The van der Waals surface area contributed by atoms with Crippen molar-refractivity contribution in [2.45, 2.75) is 12.6 Å². The number of carbonyl (C=O) groups is 1. The van der Waals surface area contributed by atoms with Crippen LogP contribution in [0.2, 0.25) is 0 Å². The molecule has 3 rings (SSSR count). The molecule has 2 aliphatic rings. The van der Waals surface area contributed by atoms with Crippen LogP contribution in [0.5, 0.6) is 17.2 Å². The first kappa shape index (κ1) is 14.0. The molecule has 21 heavy (non-hydrogen) atoms. The molecule has 1 N–H and O–H groups in total. The Morgan fingerprint density at radius 2 is 2.19 bits per heavy atom. The summed E-state index contributed by atoms with van der Waals surface area (Å²) in [5.74, 6) is 1.09. The number of hydrogen-bond donors (Lipinski definition) is 1. The van der Waals surface area contributed by atoms with Crippen molar-refractivity contribution in [2.24, 2.45) is 0 Å². The summed E-state index contributed by atoms with van der Waals surface area (Å²) in [7, 11) is 1.58. The second-order valence-electron chi connectivity index (χ2n) is 4.92. The second kappa shape index (κ2) is 5.79. The highest BCUT2D eigenvalue weighted by Crippen LogP contribution is 2.38. The molecular formula is C14H17NO6. The van der Waals surface area contributed by atoms with Gasteiger partial charge in [0.2, 0.25) is 6.79 Å². The number of morpholine rings is 1. The number of ether oxygens (including phenoxy) is 4. The number of rotatable bonds is 4. The predicted molar refractivity (Wildman–Crippen MR) is 71.8 cm³/mol. The zero-order chi connectivity index (χ0) is 14.8. The molecule has 0 spiro atoms. The molecule has 0 radical (unpaired) electrons. The second-order valence-corrected chi connectivity index (χ2v) is 4.92. The van der Waals surface area contributed by atoms with E-state index in [4.69, 9.17) is 18.9 Å². The molecule has 1 fully saturated rings. The quantitative estimate of drug-likeness (QED) is 0.876. The summed E-state index contributed by atoms with van der Waals surface area (Å²) in [6, 6.07) is 2.97. The van der Waals surface area contributed by atoms with Gasteiger partial charge in [-0.05, 0) is 6.07 Å². The van der Waals surface area contributed by atoms with Crippen molar-refractivity contribution >= 4 is 5.97 Å². The van der Waals surface area contributed by atoms with Gasteiger partial charge in [-0.3, -0.25) is 9.69 Å². The SMILES string of the molecule is COc1cc2c(cc1CN1CCOC[C@@H]1C(=O)O)OCO2. The smallest absolute Gasteiger partial charge is 0.323 e. The lowest BCUT2D eigenvalue weighted by Gasteiger charge is -2.33. The molecule has 2 heterocycles. The lowest BCUT2D eigenvalue weighted by molar-refractivity contribution is -0.150. The van der Waals surface area contributed by atoms with Gasteiger partial charge in [-0.1, -0.05) is 0 Å². The van der Waals surface area contributed by atoms with Crippen LogP contribution >= 0.6 is 0 Å². The normalized spacial score (nSPS) is 21.3. The average molecular weight is 295 g/mol. The van der Waals surface area contributed by atoms with Crippen molar-refractivity contribution in [3.8, 4) is 17.2 Å². The molecule has 0 aliphatic carbocycles. The largest absolute Gasteiger partial charge is 0.496 e. The molecule has 114 valence electrons. The van der Waals surface area contributed by atoms with Gasteiger partial charge in [-0.25, -0.2) is 0 Å². The van der Waals surface area contributed by atoms with E-state index in [0.717, 1.165) is 5.56 Å². The van der Waals surface area contributed by atoms with Crippen molar-refractivity contribution in [3.05, 3.63) is 17.7 Å². The highest BCUT2D eigenvalue weighted by molar-refractivity contribution is 5.73. The Kier molecular flexibility index (Phi) is 3.85. The van der Waals surface area contributed by atoms with Gasteiger partial charge in [0.1, 0.15) is 11.8 Å². The van der Waals surface area contributed by atoms with Crippen LogP contribution < -0.4 is 14.2 Å². The Morgan fingerprint density at radius 3 is 2.90 bits per heavy atom. The minimum atomic E-state index is -0.880. The van der Waals surface area contributed by atoms with Gasteiger partial charge in [-0.15, -0.1) is 0 Å². The lowest BCUT2D eigenvalue weighted by atomic mass is 10.1. The van der Waals surface area contributed by atoms with Crippen LogP contribution in [0.25, 0.3) is 0 Å². The summed E-state index contributed by atoms with van der Waals surface area (Å²) < 4.78 is 21.3. The summed E-state index contributed by atoms with van der Waals surface area (Å²) in [6.07, 6.45) is 0. The van der Waals surface area contributed by atoms with E-state index in [9.17, 15) is 9.90 Å². The lowest BCUT2D eigenvalue weighted by Crippen LogP contribution is -2.49. The molecule has 1 aromatic rings. The van der Waals surface area contributed by atoms with Gasteiger partial charge in [-0.2, -0.15) is 0 Å². The molecule has 0 unspecified atom stereocenters. The number of carboxylic acids is 1. The highest BCUT2D eigenvalue weighted by atomic mass is 16.7. The number of hydrogen-bond acceptors (Lipinski definition) is 6. The van der Waals surface area contributed by atoms with Crippen molar-refractivity contribution < 1.29 is 28.8 Å². The minimum Gasteiger partial charge on any atom is -0.496 e. The molecule has 1 aromatic carbocycles. The minimum absolute atomic E-state index is 0.192. The van der Waals surface area contributed by atoms with Crippen LogP contribution in [0, 0.1) is 0 Å². The van der Waals surface area contributed by atoms with Crippen LogP contribution in [0.3, 0.4) is 0 Å².